The predicted molar refractivity (Wildman–Crippen MR) is 73.6 cm³/mol. The lowest BCUT2D eigenvalue weighted by atomic mass is 10.1. The van der Waals surface area contributed by atoms with Gasteiger partial charge in [0.05, 0.1) is 5.41 Å². The third-order valence-corrected chi connectivity index (χ3v) is 4.04. The number of rotatable bonds is 7. The van der Waals surface area contributed by atoms with Crippen LogP contribution in [-0.2, 0) is 9.59 Å². The third-order valence-electron chi connectivity index (χ3n) is 3.35. The Morgan fingerprint density at radius 3 is 2.60 bits per heavy atom. The molecule has 0 atom stereocenters. The van der Waals surface area contributed by atoms with E-state index in [-0.39, 0.29) is 31.3 Å². The molecule has 1 aliphatic carbocycles. The fourth-order valence-corrected chi connectivity index (χ4v) is 2.39. The predicted octanol–water partition coefficient (Wildman–Crippen LogP) is 0.849. The Hall–Kier alpha value is -1.89. The molecule has 1 aliphatic rings. The Labute approximate surface area is 120 Å². The molecule has 0 aliphatic heterocycles. The second-order valence-corrected chi connectivity index (χ2v) is 5.66. The van der Waals surface area contributed by atoms with E-state index in [0.29, 0.717) is 18.4 Å². The number of amides is 2. The molecule has 108 valence electrons. The maximum absolute atomic E-state index is 11.6. The molecule has 0 saturated heterocycles. The smallest absolute Gasteiger partial charge is 0.311 e. The number of carbonyl (C=O) groups excluding carboxylic acids is 2. The molecule has 3 N–H and O–H groups in total. The number of carboxylic acid groups (broad SMARTS) is 1. The van der Waals surface area contributed by atoms with E-state index < -0.39 is 11.4 Å². The summed E-state index contributed by atoms with van der Waals surface area (Å²) in [6.07, 6.45) is 1.36. The van der Waals surface area contributed by atoms with Gasteiger partial charge >= 0.3 is 5.97 Å². The van der Waals surface area contributed by atoms with Gasteiger partial charge in [-0.05, 0) is 24.3 Å². The summed E-state index contributed by atoms with van der Waals surface area (Å²) in [5.74, 6) is -1.31. The summed E-state index contributed by atoms with van der Waals surface area (Å²) < 4.78 is 0. The third kappa shape index (κ3) is 3.57. The van der Waals surface area contributed by atoms with Gasteiger partial charge in [-0.25, -0.2) is 0 Å². The summed E-state index contributed by atoms with van der Waals surface area (Å²) in [5, 5.41) is 17.8. The SMILES string of the molecule is O=C(CCNC(=O)c1ccsc1)NCC1(C(=O)O)CC1. The van der Waals surface area contributed by atoms with Crippen LogP contribution in [0.2, 0.25) is 0 Å². The van der Waals surface area contributed by atoms with Crippen LogP contribution < -0.4 is 10.6 Å². The maximum Gasteiger partial charge on any atom is 0.311 e. The van der Waals surface area contributed by atoms with Crippen LogP contribution in [0.15, 0.2) is 16.8 Å². The lowest BCUT2D eigenvalue weighted by Gasteiger charge is -2.11. The van der Waals surface area contributed by atoms with Crippen molar-refractivity contribution in [2.24, 2.45) is 5.41 Å². The minimum Gasteiger partial charge on any atom is -0.481 e. The minimum atomic E-state index is -0.858. The summed E-state index contributed by atoms with van der Waals surface area (Å²) in [7, 11) is 0. The molecule has 7 heteroatoms. The number of hydrogen-bond acceptors (Lipinski definition) is 4. The largest absolute Gasteiger partial charge is 0.481 e. The van der Waals surface area contributed by atoms with Crippen LogP contribution in [0.4, 0.5) is 0 Å². The van der Waals surface area contributed by atoms with Crippen LogP contribution in [0.1, 0.15) is 29.6 Å². The molecule has 1 aromatic rings. The molecule has 2 rings (SSSR count). The van der Waals surface area contributed by atoms with E-state index >= 15 is 0 Å². The molecule has 1 heterocycles. The van der Waals surface area contributed by atoms with E-state index in [0.717, 1.165) is 0 Å². The van der Waals surface area contributed by atoms with Crippen molar-refractivity contribution < 1.29 is 19.5 Å². The Bertz CT molecular complexity index is 508. The number of carboxylic acids is 1. The van der Waals surface area contributed by atoms with Gasteiger partial charge in [0.1, 0.15) is 0 Å². The topological polar surface area (TPSA) is 95.5 Å². The lowest BCUT2D eigenvalue weighted by molar-refractivity contribution is -0.143. The fourth-order valence-electron chi connectivity index (χ4n) is 1.76. The first kappa shape index (κ1) is 14.5. The zero-order valence-corrected chi connectivity index (χ0v) is 11.7. The Morgan fingerprint density at radius 2 is 2.05 bits per heavy atom. The van der Waals surface area contributed by atoms with Crippen LogP contribution in [-0.4, -0.2) is 36.0 Å². The van der Waals surface area contributed by atoms with Gasteiger partial charge in [0.2, 0.25) is 5.91 Å². The molecule has 1 saturated carbocycles. The summed E-state index contributed by atoms with van der Waals surface area (Å²) in [6, 6.07) is 1.71. The molecule has 6 nitrogen and oxygen atoms in total. The van der Waals surface area contributed by atoms with Crippen molar-refractivity contribution in [1.29, 1.82) is 0 Å². The van der Waals surface area contributed by atoms with Crippen LogP contribution in [0, 0.1) is 5.41 Å². The molecule has 1 aromatic heterocycles. The average Bonchev–Trinajstić information content (AvgIpc) is 3.01. The van der Waals surface area contributed by atoms with Crippen molar-refractivity contribution in [2.45, 2.75) is 19.3 Å². The molecule has 0 aromatic carbocycles. The Balaban J connectivity index is 1.63. The van der Waals surface area contributed by atoms with Crippen LogP contribution in [0.25, 0.3) is 0 Å². The first-order valence-electron chi connectivity index (χ1n) is 6.34. The molecule has 0 spiro atoms. The van der Waals surface area contributed by atoms with E-state index in [1.807, 2.05) is 5.38 Å². The van der Waals surface area contributed by atoms with Crippen molar-refractivity contribution in [3.8, 4) is 0 Å². The van der Waals surface area contributed by atoms with Crippen molar-refractivity contribution in [2.75, 3.05) is 13.1 Å². The number of aliphatic carboxylic acids is 1. The first-order valence-corrected chi connectivity index (χ1v) is 7.28. The second kappa shape index (κ2) is 6.04. The molecular weight excluding hydrogens is 280 g/mol. The molecule has 2 amide bonds. The van der Waals surface area contributed by atoms with Gasteiger partial charge in [0.15, 0.2) is 0 Å². The zero-order chi connectivity index (χ0) is 14.6. The Kier molecular flexibility index (Phi) is 4.39. The fraction of sp³-hybridized carbons (Fsp3) is 0.462. The van der Waals surface area contributed by atoms with Gasteiger partial charge < -0.3 is 15.7 Å². The highest BCUT2D eigenvalue weighted by Gasteiger charge is 2.50. The van der Waals surface area contributed by atoms with Crippen molar-refractivity contribution >= 4 is 29.1 Å². The molecule has 20 heavy (non-hydrogen) atoms. The zero-order valence-electron chi connectivity index (χ0n) is 10.8. The van der Waals surface area contributed by atoms with Crippen LogP contribution in [0.5, 0.6) is 0 Å². The van der Waals surface area contributed by atoms with E-state index in [9.17, 15) is 14.4 Å². The van der Waals surface area contributed by atoms with Gasteiger partial charge in [-0.15, -0.1) is 0 Å². The van der Waals surface area contributed by atoms with Crippen molar-refractivity contribution in [3.63, 3.8) is 0 Å². The summed E-state index contributed by atoms with van der Waals surface area (Å²) in [5.41, 5.74) is -0.173. The van der Waals surface area contributed by atoms with Gasteiger partial charge in [0, 0.05) is 30.5 Å². The quantitative estimate of drug-likeness (QED) is 0.695. The maximum atomic E-state index is 11.6. The normalized spacial score (nSPS) is 15.4. The summed E-state index contributed by atoms with van der Waals surface area (Å²) >= 11 is 1.43. The molecular formula is C13H16N2O4S. The van der Waals surface area contributed by atoms with Crippen LogP contribution >= 0.6 is 11.3 Å². The van der Waals surface area contributed by atoms with Gasteiger partial charge in [-0.1, -0.05) is 0 Å². The van der Waals surface area contributed by atoms with Crippen molar-refractivity contribution in [1.82, 2.24) is 10.6 Å². The standard InChI is InChI=1S/C13H16N2O4S/c16-10(15-8-13(3-4-13)12(18)19)1-5-14-11(17)9-2-6-20-7-9/h2,6-7H,1,3-5,8H2,(H,14,17)(H,15,16)(H,18,19). The van der Waals surface area contributed by atoms with E-state index in [4.69, 9.17) is 5.11 Å². The number of carbonyl (C=O) groups is 3. The number of nitrogens with one attached hydrogen (secondary N) is 2. The summed E-state index contributed by atoms with van der Waals surface area (Å²) in [6.45, 7) is 0.403. The van der Waals surface area contributed by atoms with E-state index in [1.165, 1.54) is 11.3 Å². The Morgan fingerprint density at radius 1 is 1.30 bits per heavy atom. The lowest BCUT2D eigenvalue weighted by Crippen LogP contribution is -2.36. The average molecular weight is 296 g/mol. The molecule has 0 unspecified atom stereocenters. The second-order valence-electron chi connectivity index (χ2n) is 4.88. The molecule has 1 fully saturated rings. The summed E-state index contributed by atoms with van der Waals surface area (Å²) in [4.78, 5) is 34.1. The number of thiophene rings is 1. The van der Waals surface area contributed by atoms with Crippen molar-refractivity contribution in [3.05, 3.63) is 22.4 Å². The van der Waals surface area contributed by atoms with Gasteiger partial charge in [0.25, 0.3) is 5.91 Å². The first-order chi connectivity index (χ1) is 9.53. The van der Waals surface area contributed by atoms with E-state index in [1.54, 1.807) is 11.4 Å². The highest BCUT2D eigenvalue weighted by molar-refractivity contribution is 7.08. The molecule has 0 bridgehead atoms. The van der Waals surface area contributed by atoms with Gasteiger partial charge in [-0.3, -0.25) is 14.4 Å². The van der Waals surface area contributed by atoms with Crippen LogP contribution in [0.3, 0.4) is 0 Å². The van der Waals surface area contributed by atoms with E-state index in [2.05, 4.69) is 10.6 Å². The monoisotopic (exact) mass is 296 g/mol. The highest BCUT2D eigenvalue weighted by atomic mass is 32.1. The number of hydrogen-bond donors (Lipinski definition) is 3. The highest BCUT2D eigenvalue weighted by Crippen LogP contribution is 2.45. The van der Waals surface area contributed by atoms with Gasteiger partial charge in [-0.2, -0.15) is 11.3 Å². The molecule has 0 radical (unpaired) electrons. The minimum absolute atomic E-state index is 0.144.